The first-order valence-electron chi connectivity index (χ1n) is 3.27. The lowest BCUT2D eigenvalue weighted by atomic mass is 10.5. The van der Waals surface area contributed by atoms with Gasteiger partial charge in [0.2, 0.25) is 0 Å². The van der Waals surface area contributed by atoms with Gasteiger partial charge in [0, 0.05) is 19.0 Å². The Labute approximate surface area is 89.4 Å². The average molecular weight is 241 g/mol. The third-order valence-electron chi connectivity index (χ3n) is 1.24. The zero-order valence-electron chi connectivity index (χ0n) is 6.40. The van der Waals surface area contributed by atoms with Crippen LogP contribution in [0, 0.1) is 0 Å². The first-order chi connectivity index (χ1) is 4.70. The fourth-order valence-electron chi connectivity index (χ4n) is 0.693. The number of rotatable bonds is 5. The normalized spacial score (nSPS) is 10.4. The van der Waals surface area contributed by atoms with Gasteiger partial charge in [-0.1, -0.05) is 6.92 Å². The van der Waals surface area contributed by atoms with Crippen molar-refractivity contribution in [2.45, 2.75) is 11.8 Å². The molecule has 0 aliphatic heterocycles. The van der Waals surface area contributed by atoms with Gasteiger partial charge in [0.15, 0.2) is 0 Å². The predicted molar refractivity (Wildman–Crippen MR) is 55.6 cm³/mol. The molecule has 0 aromatic rings. The molecule has 0 amide bonds. The highest BCUT2D eigenvalue weighted by atomic mass is 35.5. The quantitative estimate of drug-likeness (QED) is 0.669. The summed E-state index contributed by atoms with van der Waals surface area (Å²) in [6.45, 7) is 4.56. The van der Waals surface area contributed by atoms with Crippen molar-refractivity contribution in [1.29, 1.82) is 0 Å². The molecule has 0 saturated carbocycles. The fourth-order valence-corrected chi connectivity index (χ4v) is 1.32. The molecule has 11 heavy (non-hydrogen) atoms. The van der Waals surface area contributed by atoms with E-state index in [9.17, 15) is 0 Å². The third-order valence-corrected chi connectivity index (χ3v) is 1.69. The van der Waals surface area contributed by atoms with Crippen molar-refractivity contribution >= 4 is 47.2 Å². The first kappa shape index (κ1) is 14.6. The van der Waals surface area contributed by atoms with Crippen LogP contribution in [-0.2, 0) is 0 Å². The van der Waals surface area contributed by atoms with Crippen LogP contribution < -0.4 is 0 Å². The number of hydrogen-bond donors (Lipinski definition) is 0. The van der Waals surface area contributed by atoms with Crippen molar-refractivity contribution in [3.63, 3.8) is 0 Å². The molecule has 0 atom stereocenters. The zero-order valence-corrected chi connectivity index (χ0v) is 9.48. The van der Waals surface area contributed by atoms with Crippen molar-refractivity contribution in [1.82, 2.24) is 4.90 Å². The van der Waals surface area contributed by atoms with Crippen LogP contribution in [0.15, 0.2) is 0 Å². The van der Waals surface area contributed by atoms with Crippen LogP contribution >= 0.6 is 47.2 Å². The summed E-state index contributed by atoms with van der Waals surface area (Å²) < 4.78 is 0. The van der Waals surface area contributed by atoms with Crippen molar-refractivity contribution < 1.29 is 0 Å². The molecule has 0 heterocycles. The first-order valence-corrected chi connectivity index (χ1v) is 4.68. The molecule has 0 rings (SSSR count). The predicted octanol–water partition coefficient (Wildman–Crippen LogP) is 2.77. The van der Waals surface area contributed by atoms with Gasteiger partial charge in [-0.15, -0.1) is 47.2 Å². The Morgan fingerprint density at radius 2 is 1.91 bits per heavy atom. The third kappa shape index (κ3) is 9.03. The SMILES string of the molecule is CCN(CCCl)CC(Cl)Cl.Cl. The number of nitrogens with zero attached hydrogens (tertiary/aromatic N) is 1. The molecule has 0 aromatic heterocycles. The summed E-state index contributed by atoms with van der Waals surface area (Å²) in [6, 6.07) is 0. The summed E-state index contributed by atoms with van der Waals surface area (Å²) in [5.74, 6) is 0.633. The Morgan fingerprint density at radius 1 is 1.36 bits per heavy atom. The Kier molecular flexibility index (Phi) is 12.3. The van der Waals surface area contributed by atoms with Gasteiger partial charge in [-0.05, 0) is 6.54 Å². The number of alkyl halides is 3. The molecule has 0 unspecified atom stereocenters. The van der Waals surface area contributed by atoms with E-state index < -0.39 is 0 Å². The lowest BCUT2D eigenvalue weighted by Crippen LogP contribution is -2.29. The van der Waals surface area contributed by atoms with Crippen LogP contribution in [0.1, 0.15) is 6.92 Å². The summed E-state index contributed by atoms with van der Waals surface area (Å²) >= 11 is 16.7. The van der Waals surface area contributed by atoms with E-state index in [1.54, 1.807) is 0 Å². The van der Waals surface area contributed by atoms with Gasteiger partial charge in [-0.25, -0.2) is 0 Å². The summed E-state index contributed by atoms with van der Waals surface area (Å²) in [5.41, 5.74) is 0. The topological polar surface area (TPSA) is 3.24 Å². The second-order valence-electron chi connectivity index (χ2n) is 1.97. The summed E-state index contributed by atoms with van der Waals surface area (Å²) in [6.07, 6.45) is 0. The van der Waals surface area contributed by atoms with Gasteiger partial charge in [0.05, 0.1) is 0 Å². The van der Waals surface area contributed by atoms with Crippen LogP contribution in [0.3, 0.4) is 0 Å². The van der Waals surface area contributed by atoms with Gasteiger partial charge >= 0.3 is 0 Å². The van der Waals surface area contributed by atoms with Crippen LogP contribution in [0.5, 0.6) is 0 Å². The summed E-state index contributed by atoms with van der Waals surface area (Å²) in [5, 5.41) is 0. The Morgan fingerprint density at radius 3 is 2.18 bits per heavy atom. The van der Waals surface area contributed by atoms with Crippen LogP contribution in [0.2, 0.25) is 0 Å². The maximum Gasteiger partial charge on any atom is 0.120 e. The van der Waals surface area contributed by atoms with E-state index in [0.29, 0.717) is 12.4 Å². The highest BCUT2D eigenvalue weighted by Gasteiger charge is 2.05. The fraction of sp³-hybridized carbons (Fsp3) is 1.00. The Bertz CT molecular complexity index is 79.0. The minimum atomic E-state index is -0.303. The van der Waals surface area contributed by atoms with Crippen molar-refractivity contribution in [2.75, 3.05) is 25.5 Å². The average Bonchev–Trinajstić information content (AvgIpc) is 1.86. The monoisotopic (exact) mass is 239 g/mol. The van der Waals surface area contributed by atoms with Crippen LogP contribution in [0.25, 0.3) is 0 Å². The minimum absolute atomic E-state index is 0. The molecule has 0 saturated heterocycles. The van der Waals surface area contributed by atoms with Crippen LogP contribution in [0.4, 0.5) is 0 Å². The largest absolute Gasteiger partial charge is 0.300 e. The van der Waals surface area contributed by atoms with Crippen molar-refractivity contribution in [2.24, 2.45) is 0 Å². The van der Waals surface area contributed by atoms with E-state index in [4.69, 9.17) is 34.8 Å². The van der Waals surface area contributed by atoms with E-state index >= 15 is 0 Å². The highest BCUT2D eigenvalue weighted by Crippen LogP contribution is 2.04. The van der Waals surface area contributed by atoms with Gasteiger partial charge in [0.1, 0.15) is 4.84 Å². The Hall–Kier alpha value is 1.12. The Balaban J connectivity index is 0. The van der Waals surface area contributed by atoms with Crippen LogP contribution in [-0.4, -0.2) is 35.3 Å². The summed E-state index contributed by atoms with van der Waals surface area (Å²) in [4.78, 5) is 1.81. The van der Waals surface area contributed by atoms with Gasteiger partial charge in [0.25, 0.3) is 0 Å². The molecule has 0 fully saturated rings. The molecule has 1 nitrogen and oxygen atoms in total. The van der Waals surface area contributed by atoms with Gasteiger partial charge < -0.3 is 0 Å². The zero-order chi connectivity index (χ0) is 7.98. The summed E-state index contributed by atoms with van der Waals surface area (Å²) in [7, 11) is 0. The molecule has 0 radical (unpaired) electrons. The molecule has 0 aliphatic rings. The van der Waals surface area contributed by atoms with E-state index in [2.05, 4.69) is 11.8 Å². The molecule has 0 bridgehead atoms. The molecule has 70 valence electrons. The second-order valence-corrected chi connectivity index (χ2v) is 3.63. The second kappa shape index (κ2) is 9.21. The lowest BCUT2D eigenvalue weighted by molar-refractivity contribution is 0.319. The highest BCUT2D eigenvalue weighted by molar-refractivity contribution is 6.44. The van der Waals surface area contributed by atoms with E-state index in [1.165, 1.54) is 0 Å². The molecule has 5 heteroatoms. The van der Waals surface area contributed by atoms with Crippen molar-refractivity contribution in [3.8, 4) is 0 Å². The van der Waals surface area contributed by atoms with E-state index in [-0.39, 0.29) is 17.2 Å². The standard InChI is InChI=1S/C6H12Cl3N.ClH/c1-2-10(4-3-7)5-6(8)9;/h6H,2-5H2,1H3;1H. The lowest BCUT2D eigenvalue weighted by Gasteiger charge is -2.18. The van der Waals surface area contributed by atoms with Gasteiger partial charge in [-0.2, -0.15) is 0 Å². The van der Waals surface area contributed by atoms with Gasteiger partial charge in [-0.3, -0.25) is 4.90 Å². The maximum atomic E-state index is 5.57. The minimum Gasteiger partial charge on any atom is -0.300 e. The van der Waals surface area contributed by atoms with Crippen molar-refractivity contribution in [3.05, 3.63) is 0 Å². The molecule has 0 spiro atoms. The van der Waals surface area contributed by atoms with E-state index in [1.807, 2.05) is 0 Å². The number of halogens is 4. The molecular formula is C6H13Cl4N. The molecular weight excluding hydrogens is 228 g/mol. The molecule has 0 N–H and O–H groups in total. The molecule has 0 aliphatic carbocycles. The molecule has 0 aromatic carbocycles. The smallest absolute Gasteiger partial charge is 0.120 e. The number of hydrogen-bond acceptors (Lipinski definition) is 1. The van der Waals surface area contributed by atoms with E-state index in [0.717, 1.165) is 13.1 Å². The maximum absolute atomic E-state index is 5.57.